The molecule has 1 aromatic rings. The van der Waals surface area contributed by atoms with Crippen molar-refractivity contribution in [3.8, 4) is 24.3 Å². The predicted octanol–water partition coefficient (Wildman–Crippen LogP) is 0.703. The van der Waals surface area contributed by atoms with E-state index in [1.54, 1.807) is 48.5 Å². The molecule has 0 N–H and O–H groups in total. The van der Waals surface area contributed by atoms with Crippen LogP contribution < -0.4 is 10.4 Å². The number of hydrogen-bond acceptors (Lipinski definition) is 4. The maximum Gasteiger partial charge on any atom is 0.179 e. The summed E-state index contributed by atoms with van der Waals surface area (Å²) >= 11 is 0. The van der Waals surface area contributed by atoms with Crippen molar-refractivity contribution in [1.29, 1.82) is 21.0 Å². The molecule has 4 heteroatoms. The molecular weight excluding hydrogens is 248 g/mol. The minimum absolute atomic E-state index is 0.156. The molecule has 0 bridgehead atoms. The first-order chi connectivity index (χ1) is 9.73. The molecular formula is C16H4N4. The highest BCUT2D eigenvalue weighted by atomic mass is 14.3. The molecule has 20 heavy (non-hydrogen) atoms. The first-order valence-electron chi connectivity index (χ1n) is 5.22. The third-order valence-electron chi connectivity index (χ3n) is 2.00. The van der Waals surface area contributed by atoms with E-state index in [9.17, 15) is 0 Å². The average molecular weight is 252 g/mol. The molecule has 1 aromatic carbocycles. The van der Waals surface area contributed by atoms with Crippen LogP contribution >= 0.6 is 0 Å². The number of nitrogens with zero attached hydrogens (tertiary/aromatic N) is 4. The molecule has 0 spiro atoms. The summed E-state index contributed by atoms with van der Waals surface area (Å²) in [6.07, 6.45) is 0. The average Bonchev–Trinajstić information content (AvgIpc) is 2.50. The normalized spacial score (nSPS) is 7.00. The quantitative estimate of drug-likeness (QED) is 0.501. The second-order valence-electron chi connectivity index (χ2n) is 3.27. The summed E-state index contributed by atoms with van der Waals surface area (Å²) in [5.41, 5.74) is 9.91. The van der Waals surface area contributed by atoms with Crippen LogP contribution in [0.15, 0.2) is 46.9 Å². The van der Waals surface area contributed by atoms with Crippen molar-refractivity contribution in [2.45, 2.75) is 0 Å². The van der Waals surface area contributed by atoms with Crippen molar-refractivity contribution in [3.05, 3.63) is 57.3 Å². The largest absolute Gasteiger partial charge is 0.191 e. The van der Waals surface area contributed by atoms with Crippen molar-refractivity contribution >= 4 is 11.5 Å². The molecule has 0 amide bonds. The van der Waals surface area contributed by atoms with Gasteiger partial charge in [-0.3, -0.25) is 0 Å². The fourth-order valence-corrected chi connectivity index (χ4v) is 1.07. The summed E-state index contributed by atoms with van der Waals surface area (Å²) in [5, 5.41) is 35.4. The zero-order chi connectivity index (χ0) is 14.8. The van der Waals surface area contributed by atoms with Crippen LogP contribution in [-0.4, -0.2) is 0 Å². The van der Waals surface area contributed by atoms with Gasteiger partial charge in [-0.1, -0.05) is 11.5 Å². The van der Waals surface area contributed by atoms with Gasteiger partial charge in [0.15, 0.2) is 11.1 Å². The molecule has 88 valence electrons. The Bertz CT molecular complexity index is 837. The van der Waals surface area contributed by atoms with Gasteiger partial charge in [-0.25, -0.2) is 0 Å². The molecule has 0 aromatic heterocycles. The van der Waals surface area contributed by atoms with Gasteiger partial charge in [-0.15, -0.1) is 0 Å². The highest BCUT2D eigenvalue weighted by Crippen LogP contribution is 1.82. The first kappa shape index (κ1) is 14.1. The van der Waals surface area contributed by atoms with E-state index in [-0.39, 0.29) is 11.1 Å². The SMILES string of the molecule is N#CC(=C=C=c1ccc(=C=C=C(C#N)C#N)cc1)C#N. The molecule has 0 radical (unpaired) electrons. The maximum atomic E-state index is 8.53. The van der Waals surface area contributed by atoms with Crippen molar-refractivity contribution in [3.63, 3.8) is 0 Å². The second kappa shape index (κ2) is 7.38. The van der Waals surface area contributed by atoms with Crippen LogP contribution in [0.3, 0.4) is 0 Å². The Morgan fingerprint density at radius 2 is 0.900 bits per heavy atom. The van der Waals surface area contributed by atoms with Gasteiger partial charge in [-0.05, 0) is 35.7 Å². The number of rotatable bonds is 0. The molecule has 0 saturated heterocycles. The number of allylic oxidation sites excluding steroid dienone is 2. The van der Waals surface area contributed by atoms with Gasteiger partial charge < -0.3 is 0 Å². The Labute approximate surface area is 115 Å². The molecule has 4 nitrogen and oxygen atoms in total. The van der Waals surface area contributed by atoms with Crippen molar-refractivity contribution in [1.82, 2.24) is 0 Å². The Morgan fingerprint density at radius 3 is 1.15 bits per heavy atom. The van der Waals surface area contributed by atoms with E-state index in [0.29, 0.717) is 10.4 Å². The van der Waals surface area contributed by atoms with Gasteiger partial charge in [0.25, 0.3) is 0 Å². The van der Waals surface area contributed by atoms with Crippen LogP contribution in [0.25, 0.3) is 11.5 Å². The van der Waals surface area contributed by atoms with Crippen LogP contribution in [-0.2, 0) is 0 Å². The molecule has 0 saturated carbocycles. The highest BCUT2D eigenvalue weighted by Gasteiger charge is 1.85. The van der Waals surface area contributed by atoms with Crippen molar-refractivity contribution in [2.75, 3.05) is 0 Å². The fraction of sp³-hybridized carbons (Fsp3) is 0. The van der Waals surface area contributed by atoms with Gasteiger partial charge >= 0.3 is 0 Å². The Kier molecular flexibility index (Phi) is 5.21. The third kappa shape index (κ3) is 4.13. The Hall–Kier alpha value is -3.96. The summed E-state index contributed by atoms with van der Waals surface area (Å²) in [7, 11) is 0. The Morgan fingerprint density at radius 1 is 0.600 bits per heavy atom. The van der Waals surface area contributed by atoms with E-state index < -0.39 is 0 Å². The monoisotopic (exact) mass is 252 g/mol. The lowest BCUT2D eigenvalue weighted by Gasteiger charge is -1.79. The summed E-state index contributed by atoms with van der Waals surface area (Å²) in [5.74, 6) is 0. The van der Waals surface area contributed by atoms with E-state index in [0.717, 1.165) is 0 Å². The molecule has 1 rings (SSSR count). The van der Waals surface area contributed by atoms with Crippen molar-refractivity contribution < 1.29 is 0 Å². The lowest BCUT2D eigenvalue weighted by atomic mass is 10.2. The second-order valence-corrected chi connectivity index (χ2v) is 3.27. The van der Waals surface area contributed by atoms with Crippen LogP contribution in [0.5, 0.6) is 0 Å². The smallest absolute Gasteiger partial charge is 0.179 e. The molecule has 0 fully saturated rings. The lowest BCUT2D eigenvalue weighted by Crippen LogP contribution is -2.03. The molecule has 0 unspecified atom stereocenters. The minimum atomic E-state index is -0.156. The van der Waals surface area contributed by atoms with Crippen molar-refractivity contribution in [2.24, 2.45) is 0 Å². The van der Waals surface area contributed by atoms with E-state index >= 15 is 0 Å². The molecule has 0 atom stereocenters. The van der Waals surface area contributed by atoms with Crippen LogP contribution in [0.2, 0.25) is 0 Å². The number of benzene rings is 1. The fourth-order valence-electron chi connectivity index (χ4n) is 1.07. The third-order valence-corrected chi connectivity index (χ3v) is 2.00. The molecule has 0 aliphatic rings. The van der Waals surface area contributed by atoms with Crippen LogP contribution in [0.4, 0.5) is 0 Å². The molecule has 0 heterocycles. The van der Waals surface area contributed by atoms with E-state index in [4.69, 9.17) is 21.0 Å². The molecule has 0 aliphatic heterocycles. The van der Waals surface area contributed by atoms with Crippen LogP contribution in [0.1, 0.15) is 0 Å². The molecule has 0 aliphatic carbocycles. The van der Waals surface area contributed by atoms with Gasteiger partial charge in [0.05, 0.1) is 0 Å². The minimum Gasteiger partial charge on any atom is -0.191 e. The highest BCUT2D eigenvalue weighted by molar-refractivity contribution is 5.40. The Balaban J connectivity index is 3.52. The number of hydrogen-bond donors (Lipinski definition) is 0. The summed E-state index contributed by atoms with van der Waals surface area (Å²) in [6, 6.07) is 13.4. The lowest BCUT2D eigenvalue weighted by molar-refractivity contribution is 1.47. The maximum absolute atomic E-state index is 8.53. The number of nitriles is 4. The zero-order valence-electron chi connectivity index (χ0n) is 10.1. The van der Waals surface area contributed by atoms with E-state index in [1.165, 1.54) is 0 Å². The predicted molar refractivity (Wildman–Crippen MR) is 69.0 cm³/mol. The summed E-state index contributed by atoms with van der Waals surface area (Å²) in [6.45, 7) is 0. The van der Waals surface area contributed by atoms with E-state index in [1.807, 2.05) is 0 Å². The van der Waals surface area contributed by atoms with Gasteiger partial charge in [0.1, 0.15) is 24.3 Å². The standard InChI is InChI=1S/C16H4N4/c17-9-15(10-18)7-5-13-1-2-14(4-3-13)6-8-16(11-19)12-20/h1-4H. The summed E-state index contributed by atoms with van der Waals surface area (Å²) in [4.78, 5) is 0. The van der Waals surface area contributed by atoms with Crippen LogP contribution in [0, 0.1) is 45.3 Å². The van der Waals surface area contributed by atoms with Gasteiger partial charge in [0, 0.05) is 10.4 Å². The summed E-state index contributed by atoms with van der Waals surface area (Å²) < 4.78 is 0. The van der Waals surface area contributed by atoms with Gasteiger partial charge in [-0.2, -0.15) is 21.0 Å². The van der Waals surface area contributed by atoms with E-state index in [2.05, 4.69) is 22.9 Å². The first-order valence-corrected chi connectivity index (χ1v) is 5.22. The zero-order valence-corrected chi connectivity index (χ0v) is 10.1. The topological polar surface area (TPSA) is 95.2 Å². The van der Waals surface area contributed by atoms with Gasteiger partial charge in [0.2, 0.25) is 0 Å².